The summed E-state index contributed by atoms with van der Waals surface area (Å²) in [7, 11) is 0. The average molecular weight is 495 g/mol. The molecule has 2 aromatic heterocycles. The molecule has 2 heterocycles. The fraction of sp³-hybridized carbons (Fsp3) is 0.250. The second-order valence-corrected chi connectivity index (χ2v) is 8.60. The second-order valence-electron chi connectivity index (χ2n) is 8.60. The third-order valence-electron chi connectivity index (χ3n) is 6.27. The van der Waals surface area contributed by atoms with E-state index in [9.17, 15) is 22.8 Å². The van der Waals surface area contributed by atoms with Crippen molar-refractivity contribution in [3.05, 3.63) is 93.9 Å². The summed E-state index contributed by atoms with van der Waals surface area (Å²) >= 11 is 0. The van der Waals surface area contributed by atoms with Crippen molar-refractivity contribution in [3.63, 3.8) is 0 Å². The van der Waals surface area contributed by atoms with Crippen molar-refractivity contribution in [2.24, 2.45) is 0 Å². The Morgan fingerprint density at radius 2 is 1.72 bits per heavy atom. The SMILES string of the molecule is CCc1nc2ccccc2c(C(=O)OCC(=O)c2cc(C)n(-c3cccc(C(F)(F)F)c3)c2C)c1C. The van der Waals surface area contributed by atoms with Gasteiger partial charge in [-0.3, -0.25) is 9.78 Å². The topological polar surface area (TPSA) is 61.2 Å². The average Bonchev–Trinajstić information content (AvgIpc) is 3.15. The van der Waals surface area contributed by atoms with E-state index < -0.39 is 30.1 Å². The Morgan fingerprint density at radius 3 is 2.42 bits per heavy atom. The van der Waals surface area contributed by atoms with Gasteiger partial charge in [0.05, 0.1) is 16.6 Å². The number of ether oxygens (including phenoxy) is 1. The minimum Gasteiger partial charge on any atom is -0.454 e. The Morgan fingerprint density at radius 1 is 1.00 bits per heavy atom. The molecule has 0 bridgehead atoms. The predicted octanol–water partition coefficient (Wildman–Crippen LogP) is 6.57. The Labute approximate surface area is 206 Å². The zero-order valence-electron chi connectivity index (χ0n) is 20.4. The molecule has 4 aromatic rings. The van der Waals surface area contributed by atoms with Gasteiger partial charge in [-0.25, -0.2) is 4.79 Å². The number of para-hydroxylation sites is 1. The highest BCUT2D eigenvalue weighted by atomic mass is 19.4. The quantitative estimate of drug-likeness (QED) is 0.225. The molecule has 0 saturated heterocycles. The number of hydrogen-bond donors (Lipinski definition) is 0. The molecule has 0 aliphatic heterocycles. The van der Waals surface area contributed by atoms with E-state index in [0.29, 0.717) is 45.5 Å². The van der Waals surface area contributed by atoms with Gasteiger partial charge in [0.15, 0.2) is 6.61 Å². The molecule has 4 rings (SSSR count). The van der Waals surface area contributed by atoms with Gasteiger partial charge in [0.1, 0.15) is 0 Å². The van der Waals surface area contributed by atoms with E-state index in [2.05, 4.69) is 4.98 Å². The molecule has 0 spiro atoms. The number of aryl methyl sites for hydroxylation is 2. The molecule has 0 fully saturated rings. The van der Waals surface area contributed by atoms with E-state index in [4.69, 9.17) is 4.74 Å². The Hall–Kier alpha value is -3.94. The van der Waals surface area contributed by atoms with Crippen LogP contribution in [0.15, 0.2) is 54.6 Å². The van der Waals surface area contributed by atoms with Crippen LogP contribution >= 0.6 is 0 Å². The lowest BCUT2D eigenvalue weighted by atomic mass is 10.0. The van der Waals surface area contributed by atoms with Gasteiger partial charge in [-0.2, -0.15) is 13.2 Å². The smallest absolute Gasteiger partial charge is 0.416 e. The van der Waals surface area contributed by atoms with Gasteiger partial charge < -0.3 is 9.30 Å². The third-order valence-corrected chi connectivity index (χ3v) is 6.27. The lowest BCUT2D eigenvalue weighted by Crippen LogP contribution is -2.17. The number of carbonyl (C=O) groups excluding carboxylic acids is 2. The third kappa shape index (κ3) is 4.63. The number of aromatic nitrogens is 2. The van der Waals surface area contributed by atoms with Crippen LogP contribution in [0.5, 0.6) is 0 Å². The first-order chi connectivity index (χ1) is 17.0. The molecule has 5 nitrogen and oxygen atoms in total. The molecule has 186 valence electrons. The van der Waals surface area contributed by atoms with Crippen LogP contribution in [0.1, 0.15) is 55.8 Å². The lowest BCUT2D eigenvalue weighted by Gasteiger charge is -2.14. The highest BCUT2D eigenvalue weighted by Gasteiger charge is 2.31. The highest BCUT2D eigenvalue weighted by molar-refractivity contribution is 6.06. The van der Waals surface area contributed by atoms with Crippen molar-refractivity contribution in [2.75, 3.05) is 6.61 Å². The van der Waals surface area contributed by atoms with E-state index in [-0.39, 0.29) is 5.56 Å². The van der Waals surface area contributed by atoms with Crippen molar-refractivity contribution < 1.29 is 27.5 Å². The summed E-state index contributed by atoms with van der Waals surface area (Å²) in [5.74, 6) is -1.07. The number of carbonyl (C=O) groups is 2. The molecular formula is C28H25F3N2O3. The van der Waals surface area contributed by atoms with Crippen LogP contribution in [0.3, 0.4) is 0 Å². The number of ketones is 1. The number of alkyl halides is 3. The van der Waals surface area contributed by atoms with Crippen molar-refractivity contribution >= 4 is 22.7 Å². The molecule has 0 aliphatic rings. The summed E-state index contributed by atoms with van der Waals surface area (Å²) in [5.41, 5.74) is 3.37. The molecule has 0 atom stereocenters. The van der Waals surface area contributed by atoms with Gasteiger partial charge in [0.2, 0.25) is 5.78 Å². The first-order valence-corrected chi connectivity index (χ1v) is 11.5. The minimum atomic E-state index is -4.48. The largest absolute Gasteiger partial charge is 0.454 e. The number of rotatable bonds is 6. The van der Waals surface area contributed by atoms with Crippen molar-refractivity contribution in [1.82, 2.24) is 9.55 Å². The number of halogens is 3. The molecule has 0 unspecified atom stereocenters. The Bertz CT molecular complexity index is 1490. The van der Waals surface area contributed by atoms with E-state index in [1.807, 2.05) is 19.1 Å². The summed E-state index contributed by atoms with van der Waals surface area (Å²) in [6.45, 7) is 6.61. The maximum atomic E-state index is 13.2. The molecular weight excluding hydrogens is 469 g/mol. The zero-order valence-corrected chi connectivity index (χ0v) is 20.4. The van der Waals surface area contributed by atoms with Crippen LogP contribution in [0, 0.1) is 20.8 Å². The van der Waals surface area contributed by atoms with Crippen molar-refractivity contribution in [1.29, 1.82) is 0 Å². The summed E-state index contributed by atoms with van der Waals surface area (Å²) in [4.78, 5) is 30.7. The summed E-state index contributed by atoms with van der Waals surface area (Å²) in [6.07, 6.45) is -3.85. The van der Waals surface area contributed by atoms with Crippen LogP contribution in [0.25, 0.3) is 16.6 Å². The second kappa shape index (κ2) is 9.60. The maximum absolute atomic E-state index is 13.2. The zero-order chi connectivity index (χ0) is 26.2. The first kappa shape index (κ1) is 25.2. The van der Waals surface area contributed by atoms with Gasteiger partial charge in [-0.1, -0.05) is 31.2 Å². The molecule has 8 heteroatoms. The van der Waals surface area contributed by atoms with Crippen molar-refractivity contribution in [3.8, 4) is 5.69 Å². The number of nitrogens with zero attached hydrogens (tertiary/aromatic N) is 2. The number of pyridine rings is 1. The van der Waals surface area contributed by atoms with E-state index >= 15 is 0 Å². The summed E-state index contributed by atoms with van der Waals surface area (Å²) in [6, 6.07) is 13.7. The molecule has 36 heavy (non-hydrogen) atoms. The molecule has 2 aromatic carbocycles. The number of fused-ring (bicyclic) bond motifs is 1. The standard InChI is InChI=1S/C28H25F3N2O3/c1-5-23-17(3)26(21-11-6-7-12-24(21)32-23)27(35)36-15-25(34)22-13-16(2)33(18(22)4)20-10-8-9-19(14-20)28(29,30)31/h6-14H,5,15H2,1-4H3. The highest BCUT2D eigenvalue weighted by Crippen LogP contribution is 2.31. The van der Waals surface area contributed by atoms with Gasteiger partial charge in [0.25, 0.3) is 0 Å². The van der Waals surface area contributed by atoms with Crippen LogP contribution in [0.2, 0.25) is 0 Å². The number of benzene rings is 2. The van der Waals surface area contributed by atoms with Gasteiger partial charge in [-0.15, -0.1) is 0 Å². The summed E-state index contributed by atoms with van der Waals surface area (Å²) in [5, 5.41) is 0.646. The first-order valence-electron chi connectivity index (χ1n) is 11.5. The van der Waals surface area contributed by atoms with Crippen LogP contribution in [-0.4, -0.2) is 27.9 Å². The van der Waals surface area contributed by atoms with Gasteiger partial charge in [-0.05, 0) is 63.1 Å². The van der Waals surface area contributed by atoms with E-state index in [1.54, 1.807) is 49.6 Å². The Balaban J connectivity index is 1.60. The van der Waals surface area contributed by atoms with Crippen molar-refractivity contribution in [2.45, 2.75) is 40.3 Å². The van der Waals surface area contributed by atoms with Crippen LogP contribution in [-0.2, 0) is 17.3 Å². The number of Topliss-reactive ketones (excluding diaryl/α,β-unsaturated/α-hetero) is 1. The summed E-state index contributed by atoms with van der Waals surface area (Å²) < 4.78 is 46.6. The molecule has 0 aliphatic carbocycles. The fourth-order valence-electron chi connectivity index (χ4n) is 4.51. The van der Waals surface area contributed by atoms with Gasteiger partial charge >= 0.3 is 12.1 Å². The normalized spacial score (nSPS) is 11.6. The predicted molar refractivity (Wildman–Crippen MR) is 131 cm³/mol. The number of hydrogen-bond acceptors (Lipinski definition) is 4. The maximum Gasteiger partial charge on any atom is 0.416 e. The minimum absolute atomic E-state index is 0.281. The van der Waals surface area contributed by atoms with E-state index in [1.165, 1.54) is 6.07 Å². The lowest BCUT2D eigenvalue weighted by molar-refractivity contribution is -0.137. The van der Waals surface area contributed by atoms with Gasteiger partial charge in [0, 0.05) is 33.7 Å². The molecule has 0 radical (unpaired) electrons. The van der Waals surface area contributed by atoms with Crippen LogP contribution < -0.4 is 0 Å². The van der Waals surface area contributed by atoms with E-state index in [0.717, 1.165) is 17.8 Å². The molecule has 0 amide bonds. The van der Waals surface area contributed by atoms with Crippen LogP contribution in [0.4, 0.5) is 13.2 Å². The monoisotopic (exact) mass is 494 g/mol. The molecule has 0 saturated carbocycles. The fourth-order valence-corrected chi connectivity index (χ4v) is 4.51. The Kier molecular flexibility index (Phi) is 6.71. The number of esters is 1. The molecule has 0 N–H and O–H groups in total.